The lowest BCUT2D eigenvalue weighted by Crippen LogP contribution is -2.41. The molecule has 1 aromatic rings. The van der Waals surface area contributed by atoms with Crippen LogP contribution in [-0.4, -0.2) is 43.7 Å². The summed E-state index contributed by atoms with van der Waals surface area (Å²) in [5.74, 6) is 1.10. The number of amides is 1. The van der Waals surface area contributed by atoms with E-state index in [4.69, 9.17) is 10.00 Å². The Kier molecular flexibility index (Phi) is 6.82. The maximum Gasteiger partial charge on any atom is 0.223 e. The molecule has 1 amide bonds. The number of pyridine rings is 1. The van der Waals surface area contributed by atoms with Crippen LogP contribution in [-0.2, 0) is 9.53 Å². The van der Waals surface area contributed by atoms with Crippen molar-refractivity contribution in [1.82, 2.24) is 10.3 Å². The Balaban J connectivity index is 1.72. The van der Waals surface area contributed by atoms with Crippen LogP contribution in [0, 0.1) is 17.2 Å². The molecule has 2 heterocycles. The van der Waals surface area contributed by atoms with Gasteiger partial charge in [0.25, 0.3) is 0 Å². The zero-order valence-electron chi connectivity index (χ0n) is 13.6. The Hall–Kier alpha value is -2.13. The third-order valence-electron chi connectivity index (χ3n) is 4.04. The molecule has 0 radical (unpaired) electrons. The summed E-state index contributed by atoms with van der Waals surface area (Å²) in [5, 5.41) is 11.8. The molecule has 1 N–H and O–H groups in total. The van der Waals surface area contributed by atoms with Gasteiger partial charge in [0.15, 0.2) is 0 Å². The first-order valence-corrected chi connectivity index (χ1v) is 8.21. The number of nitrogens with one attached hydrogen (secondary N) is 1. The molecule has 124 valence electrons. The molecule has 0 atom stereocenters. The Morgan fingerprint density at radius 3 is 2.87 bits per heavy atom. The number of nitrogens with zero attached hydrogens (tertiary/aromatic N) is 3. The predicted octanol–water partition coefficient (Wildman–Crippen LogP) is 1.71. The Morgan fingerprint density at radius 2 is 2.26 bits per heavy atom. The van der Waals surface area contributed by atoms with E-state index in [0.29, 0.717) is 18.7 Å². The van der Waals surface area contributed by atoms with Crippen molar-refractivity contribution in [3.05, 3.63) is 23.9 Å². The summed E-state index contributed by atoms with van der Waals surface area (Å²) in [6.45, 7) is 5.69. The van der Waals surface area contributed by atoms with Gasteiger partial charge in [0.2, 0.25) is 5.91 Å². The average Bonchev–Trinajstić information content (AvgIpc) is 2.61. The summed E-state index contributed by atoms with van der Waals surface area (Å²) >= 11 is 0. The number of carbonyl (C=O) groups excluding carboxylic acids is 1. The summed E-state index contributed by atoms with van der Waals surface area (Å²) in [6, 6.07) is 5.71. The van der Waals surface area contributed by atoms with Gasteiger partial charge in [-0.2, -0.15) is 5.26 Å². The zero-order valence-corrected chi connectivity index (χ0v) is 13.6. The van der Waals surface area contributed by atoms with Crippen LogP contribution >= 0.6 is 0 Å². The maximum atomic E-state index is 12.1. The van der Waals surface area contributed by atoms with E-state index in [9.17, 15) is 4.79 Å². The standard InChI is InChI=1S/C17H24N4O2/c1-2-23-11-3-8-19-17(22)15-6-9-21(10-7-15)16-5-4-14(12-18)13-20-16/h4-5,13,15H,2-3,6-11H2,1H3,(H,19,22). The van der Waals surface area contributed by atoms with Gasteiger partial charge in [-0.3, -0.25) is 4.79 Å². The van der Waals surface area contributed by atoms with Gasteiger partial charge in [-0.15, -0.1) is 0 Å². The minimum Gasteiger partial charge on any atom is -0.382 e. The van der Waals surface area contributed by atoms with Gasteiger partial charge in [-0.25, -0.2) is 4.98 Å². The van der Waals surface area contributed by atoms with Crippen molar-refractivity contribution in [3.8, 4) is 6.07 Å². The van der Waals surface area contributed by atoms with E-state index in [2.05, 4.69) is 21.3 Å². The van der Waals surface area contributed by atoms with Gasteiger partial charge in [0.1, 0.15) is 11.9 Å². The van der Waals surface area contributed by atoms with Crippen LogP contribution in [0.3, 0.4) is 0 Å². The molecule has 1 aliphatic heterocycles. The Morgan fingerprint density at radius 1 is 1.48 bits per heavy atom. The van der Waals surface area contributed by atoms with Crippen molar-refractivity contribution in [1.29, 1.82) is 5.26 Å². The molecule has 0 spiro atoms. The molecule has 1 aliphatic rings. The van der Waals surface area contributed by atoms with E-state index < -0.39 is 0 Å². The third-order valence-corrected chi connectivity index (χ3v) is 4.04. The highest BCUT2D eigenvalue weighted by Crippen LogP contribution is 2.22. The highest BCUT2D eigenvalue weighted by atomic mass is 16.5. The number of aromatic nitrogens is 1. The van der Waals surface area contributed by atoms with Gasteiger partial charge >= 0.3 is 0 Å². The fourth-order valence-electron chi connectivity index (χ4n) is 2.68. The number of hydrogen-bond donors (Lipinski definition) is 1. The van der Waals surface area contributed by atoms with Crippen molar-refractivity contribution in [3.63, 3.8) is 0 Å². The molecule has 0 bridgehead atoms. The first kappa shape index (κ1) is 17.2. The number of carbonyl (C=O) groups is 1. The van der Waals surface area contributed by atoms with E-state index in [1.54, 1.807) is 12.3 Å². The van der Waals surface area contributed by atoms with E-state index in [0.717, 1.165) is 44.8 Å². The molecule has 1 aromatic heterocycles. The molecule has 1 fully saturated rings. The topological polar surface area (TPSA) is 78.2 Å². The molecule has 0 saturated carbocycles. The molecule has 23 heavy (non-hydrogen) atoms. The minimum absolute atomic E-state index is 0.0803. The molecule has 6 heteroatoms. The maximum absolute atomic E-state index is 12.1. The lowest BCUT2D eigenvalue weighted by molar-refractivity contribution is -0.125. The first-order valence-electron chi connectivity index (χ1n) is 8.21. The smallest absolute Gasteiger partial charge is 0.223 e. The van der Waals surface area contributed by atoms with Crippen molar-refractivity contribution in [2.24, 2.45) is 5.92 Å². The van der Waals surface area contributed by atoms with E-state index in [-0.39, 0.29) is 11.8 Å². The molecule has 2 rings (SSSR count). The number of piperidine rings is 1. The van der Waals surface area contributed by atoms with Crippen LogP contribution in [0.25, 0.3) is 0 Å². The third kappa shape index (κ3) is 5.22. The number of anilines is 1. The van der Waals surface area contributed by atoms with Crippen molar-refractivity contribution in [2.75, 3.05) is 37.7 Å². The Labute approximate surface area is 137 Å². The average molecular weight is 316 g/mol. The van der Waals surface area contributed by atoms with Gasteiger partial charge < -0.3 is 15.0 Å². The molecular weight excluding hydrogens is 292 g/mol. The van der Waals surface area contributed by atoms with E-state index in [1.165, 1.54) is 0 Å². The van der Waals surface area contributed by atoms with Gasteiger partial charge in [-0.1, -0.05) is 0 Å². The van der Waals surface area contributed by atoms with Crippen LogP contribution < -0.4 is 10.2 Å². The van der Waals surface area contributed by atoms with E-state index in [1.807, 2.05) is 13.0 Å². The molecule has 0 unspecified atom stereocenters. The second-order valence-electron chi connectivity index (χ2n) is 5.62. The number of rotatable bonds is 7. The molecule has 0 aromatic carbocycles. The highest BCUT2D eigenvalue weighted by Gasteiger charge is 2.25. The number of ether oxygens (including phenoxy) is 1. The monoisotopic (exact) mass is 316 g/mol. The zero-order chi connectivity index (χ0) is 16.5. The van der Waals surface area contributed by atoms with Crippen molar-refractivity contribution < 1.29 is 9.53 Å². The molecular formula is C17H24N4O2. The van der Waals surface area contributed by atoms with E-state index >= 15 is 0 Å². The summed E-state index contributed by atoms with van der Waals surface area (Å²) in [5.41, 5.74) is 0.565. The largest absolute Gasteiger partial charge is 0.382 e. The van der Waals surface area contributed by atoms with Crippen LogP contribution in [0.1, 0.15) is 31.7 Å². The Bertz CT molecular complexity index is 531. The molecule has 6 nitrogen and oxygen atoms in total. The lowest BCUT2D eigenvalue weighted by atomic mass is 9.96. The minimum atomic E-state index is 0.0803. The quantitative estimate of drug-likeness (QED) is 0.775. The van der Waals surface area contributed by atoms with Crippen LogP contribution in [0.4, 0.5) is 5.82 Å². The lowest BCUT2D eigenvalue weighted by Gasteiger charge is -2.32. The van der Waals surface area contributed by atoms with Gasteiger partial charge in [0.05, 0.1) is 5.56 Å². The van der Waals surface area contributed by atoms with Crippen molar-refractivity contribution in [2.45, 2.75) is 26.2 Å². The van der Waals surface area contributed by atoms with Crippen molar-refractivity contribution >= 4 is 11.7 Å². The first-order chi connectivity index (χ1) is 11.2. The van der Waals surface area contributed by atoms with Crippen LogP contribution in [0.2, 0.25) is 0 Å². The van der Waals surface area contributed by atoms with Gasteiger partial charge in [-0.05, 0) is 38.3 Å². The molecule has 1 saturated heterocycles. The fourth-order valence-corrected chi connectivity index (χ4v) is 2.68. The predicted molar refractivity (Wildman–Crippen MR) is 88.0 cm³/mol. The highest BCUT2D eigenvalue weighted by molar-refractivity contribution is 5.78. The molecule has 0 aliphatic carbocycles. The number of hydrogen-bond acceptors (Lipinski definition) is 5. The second kappa shape index (κ2) is 9.11. The summed E-state index contributed by atoms with van der Waals surface area (Å²) in [7, 11) is 0. The normalized spacial score (nSPS) is 15.2. The van der Waals surface area contributed by atoms with Crippen LogP contribution in [0.15, 0.2) is 18.3 Å². The second-order valence-corrected chi connectivity index (χ2v) is 5.62. The van der Waals surface area contributed by atoms with Crippen LogP contribution in [0.5, 0.6) is 0 Å². The fraction of sp³-hybridized carbons (Fsp3) is 0.588. The summed E-state index contributed by atoms with van der Waals surface area (Å²) in [4.78, 5) is 18.6. The van der Waals surface area contributed by atoms with Gasteiger partial charge in [0, 0.05) is 45.0 Å². The summed E-state index contributed by atoms with van der Waals surface area (Å²) < 4.78 is 5.26. The summed E-state index contributed by atoms with van der Waals surface area (Å²) in [6.07, 6.45) is 4.11. The SMILES string of the molecule is CCOCCCNC(=O)C1CCN(c2ccc(C#N)cn2)CC1. The number of nitriles is 1.